The number of hydrogen-bond acceptors (Lipinski definition) is 5. The van der Waals surface area contributed by atoms with Crippen molar-refractivity contribution in [3.8, 4) is 5.95 Å². The van der Waals surface area contributed by atoms with Crippen molar-refractivity contribution in [1.82, 2.24) is 24.6 Å². The summed E-state index contributed by atoms with van der Waals surface area (Å²) in [5.41, 5.74) is 3.13. The fourth-order valence-electron chi connectivity index (χ4n) is 3.07. The predicted molar refractivity (Wildman–Crippen MR) is 94.0 cm³/mol. The van der Waals surface area contributed by atoms with Crippen molar-refractivity contribution in [2.75, 3.05) is 19.8 Å². The minimum atomic E-state index is -0.00451. The summed E-state index contributed by atoms with van der Waals surface area (Å²) in [6.07, 6.45) is 1.76. The second-order valence-electron chi connectivity index (χ2n) is 6.90. The number of morpholine rings is 1. The highest BCUT2D eigenvalue weighted by molar-refractivity contribution is 5.95. The van der Waals surface area contributed by atoms with E-state index >= 15 is 0 Å². The minimum absolute atomic E-state index is 0.00451. The molecule has 0 spiro atoms. The molecule has 7 nitrogen and oxygen atoms in total. The van der Waals surface area contributed by atoms with Gasteiger partial charge in [0, 0.05) is 24.1 Å². The first-order chi connectivity index (χ1) is 11.9. The summed E-state index contributed by atoms with van der Waals surface area (Å²) >= 11 is 0. The van der Waals surface area contributed by atoms with E-state index < -0.39 is 0 Å². The van der Waals surface area contributed by atoms with Gasteiger partial charge in [-0.3, -0.25) is 4.79 Å². The van der Waals surface area contributed by atoms with E-state index in [1.807, 2.05) is 45.6 Å². The fourth-order valence-corrected chi connectivity index (χ4v) is 3.07. The van der Waals surface area contributed by atoms with Crippen LogP contribution >= 0.6 is 0 Å². The second kappa shape index (κ2) is 6.92. The molecule has 134 valence electrons. The third-order valence-electron chi connectivity index (χ3n) is 4.32. The Morgan fingerprint density at radius 3 is 2.56 bits per heavy atom. The Bertz CT molecular complexity index is 764. The molecule has 0 unspecified atom stereocenters. The van der Waals surface area contributed by atoms with Crippen LogP contribution in [0.1, 0.15) is 54.1 Å². The van der Waals surface area contributed by atoms with Gasteiger partial charge in [0.05, 0.1) is 30.5 Å². The van der Waals surface area contributed by atoms with Gasteiger partial charge >= 0.3 is 0 Å². The fraction of sp³-hybridized carbons (Fsp3) is 0.556. The third kappa shape index (κ3) is 3.56. The van der Waals surface area contributed by atoms with Crippen molar-refractivity contribution in [3.05, 3.63) is 34.9 Å². The molecule has 0 aromatic carbocycles. The molecule has 2 aromatic heterocycles. The second-order valence-corrected chi connectivity index (χ2v) is 6.90. The Labute approximate surface area is 148 Å². The lowest BCUT2D eigenvalue weighted by atomic mass is 10.0. The number of ether oxygens (including phenoxy) is 1. The van der Waals surface area contributed by atoms with E-state index in [9.17, 15) is 4.79 Å². The molecule has 1 saturated heterocycles. The molecule has 1 aliphatic rings. The molecule has 3 heterocycles. The molecule has 0 saturated carbocycles. The summed E-state index contributed by atoms with van der Waals surface area (Å²) in [4.78, 5) is 23.8. The summed E-state index contributed by atoms with van der Waals surface area (Å²) in [6.45, 7) is 11.7. The third-order valence-corrected chi connectivity index (χ3v) is 4.32. The van der Waals surface area contributed by atoms with Crippen LogP contribution in [0.5, 0.6) is 0 Å². The van der Waals surface area contributed by atoms with Crippen LogP contribution in [-0.2, 0) is 4.74 Å². The van der Waals surface area contributed by atoms with Crippen LogP contribution in [0.3, 0.4) is 0 Å². The van der Waals surface area contributed by atoms with Crippen LogP contribution in [0.15, 0.2) is 12.3 Å². The van der Waals surface area contributed by atoms with Crippen molar-refractivity contribution in [1.29, 1.82) is 0 Å². The molecule has 0 bridgehead atoms. The standard InChI is InChI=1S/C18H25N5O2/c1-11(2)16-15(17(24)22-6-7-25-10-14(22)5)9-23(21-16)18-19-12(3)8-13(4)20-18/h8-9,11,14H,6-7,10H2,1-5H3/t14-/m0/s1. The van der Waals surface area contributed by atoms with Crippen LogP contribution in [0.25, 0.3) is 5.95 Å². The number of aromatic nitrogens is 4. The lowest BCUT2D eigenvalue weighted by molar-refractivity contribution is 0.00351. The summed E-state index contributed by atoms with van der Waals surface area (Å²) in [6, 6.07) is 1.97. The molecular formula is C18H25N5O2. The molecule has 0 radical (unpaired) electrons. The van der Waals surface area contributed by atoms with Crippen molar-refractivity contribution in [2.24, 2.45) is 0 Å². The lowest BCUT2D eigenvalue weighted by Crippen LogP contribution is -2.47. The number of amides is 1. The van der Waals surface area contributed by atoms with Gasteiger partial charge in [-0.2, -0.15) is 5.10 Å². The zero-order chi connectivity index (χ0) is 18.1. The molecule has 7 heteroatoms. The lowest BCUT2D eigenvalue weighted by Gasteiger charge is -2.33. The maximum atomic E-state index is 13.1. The van der Waals surface area contributed by atoms with Crippen molar-refractivity contribution in [2.45, 2.75) is 46.6 Å². The Balaban J connectivity index is 2.01. The van der Waals surface area contributed by atoms with Gasteiger partial charge in [0.15, 0.2) is 0 Å². The van der Waals surface area contributed by atoms with E-state index in [-0.39, 0.29) is 17.9 Å². The van der Waals surface area contributed by atoms with Crippen LogP contribution in [0.2, 0.25) is 0 Å². The molecule has 1 fully saturated rings. The van der Waals surface area contributed by atoms with Gasteiger partial charge in [0.1, 0.15) is 0 Å². The number of aryl methyl sites for hydroxylation is 2. The first-order valence-electron chi connectivity index (χ1n) is 8.67. The van der Waals surface area contributed by atoms with E-state index in [4.69, 9.17) is 4.74 Å². The Kier molecular flexibility index (Phi) is 4.85. The number of nitrogens with zero attached hydrogens (tertiary/aromatic N) is 5. The molecule has 2 aromatic rings. The summed E-state index contributed by atoms with van der Waals surface area (Å²) in [5.74, 6) is 0.617. The Morgan fingerprint density at radius 1 is 1.28 bits per heavy atom. The Morgan fingerprint density at radius 2 is 1.96 bits per heavy atom. The van der Waals surface area contributed by atoms with Crippen LogP contribution in [-0.4, -0.2) is 56.4 Å². The zero-order valence-electron chi connectivity index (χ0n) is 15.5. The first kappa shape index (κ1) is 17.5. The molecule has 25 heavy (non-hydrogen) atoms. The number of hydrogen-bond donors (Lipinski definition) is 0. The van der Waals surface area contributed by atoms with Gasteiger partial charge in [0.25, 0.3) is 11.9 Å². The van der Waals surface area contributed by atoms with E-state index in [2.05, 4.69) is 15.1 Å². The Hall–Kier alpha value is -2.28. The number of carbonyl (C=O) groups is 1. The van der Waals surface area contributed by atoms with Crippen LogP contribution in [0, 0.1) is 13.8 Å². The maximum Gasteiger partial charge on any atom is 0.257 e. The molecule has 0 N–H and O–H groups in total. The number of rotatable bonds is 3. The van der Waals surface area contributed by atoms with Gasteiger partial charge in [0.2, 0.25) is 0 Å². The zero-order valence-corrected chi connectivity index (χ0v) is 15.5. The molecule has 1 atom stereocenters. The molecule has 1 aliphatic heterocycles. The van der Waals surface area contributed by atoms with Crippen molar-refractivity contribution >= 4 is 5.91 Å². The predicted octanol–water partition coefficient (Wildman–Crippen LogP) is 2.26. The first-order valence-corrected chi connectivity index (χ1v) is 8.67. The smallest absolute Gasteiger partial charge is 0.257 e. The molecule has 1 amide bonds. The number of carbonyl (C=O) groups excluding carboxylic acids is 1. The summed E-state index contributed by atoms with van der Waals surface area (Å²) in [5, 5.41) is 4.62. The SMILES string of the molecule is Cc1cc(C)nc(-n2cc(C(=O)N3CCOC[C@@H]3C)c(C(C)C)n2)n1. The highest BCUT2D eigenvalue weighted by atomic mass is 16.5. The maximum absolute atomic E-state index is 13.1. The van der Waals surface area contributed by atoms with Crippen LogP contribution in [0.4, 0.5) is 0 Å². The quantitative estimate of drug-likeness (QED) is 0.855. The largest absolute Gasteiger partial charge is 0.377 e. The summed E-state index contributed by atoms with van der Waals surface area (Å²) in [7, 11) is 0. The average molecular weight is 343 g/mol. The minimum Gasteiger partial charge on any atom is -0.377 e. The summed E-state index contributed by atoms with van der Waals surface area (Å²) < 4.78 is 7.06. The molecule has 3 rings (SSSR count). The normalized spacial score (nSPS) is 18.0. The van der Waals surface area contributed by atoms with Crippen LogP contribution < -0.4 is 0 Å². The van der Waals surface area contributed by atoms with Crippen molar-refractivity contribution < 1.29 is 9.53 Å². The van der Waals surface area contributed by atoms with Gasteiger partial charge in [-0.05, 0) is 32.8 Å². The highest BCUT2D eigenvalue weighted by Gasteiger charge is 2.29. The highest BCUT2D eigenvalue weighted by Crippen LogP contribution is 2.22. The van der Waals surface area contributed by atoms with Gasteiger partial charge in [-0.1, -0.05) is 13.8 Å². The molecule has 0 aliphatic carbocycles. The van der Waals surface area contributed by atoms with E-state index in [1.54, 1.807) is 10.9 Å². The van der Waals surface area contributed by atoms with Gasteiger partial charge in [-0.25, -0.2) is 14.6 Å². The van der Waals surface area contributed by atoms with E-state index in [1.165, 1.54) is 0 Å². The average Bonchev–Trinajstić information content (AvgIpc) is 2.99. The van der Waals surface area contributed by atoms with Crippen molar-refractivity contribution in [3.63, 3.8) is 0 Å². The molecular weight excluding hydrogens is 318 g/mol. The monoisotopic (exact) mass is 343 g/mol. The van der Waals surface area contributed by atoms with Gasteiger partial charge < -0.3 is 9.64 Å². The van der Waals surface area contributed by atoms with E-state index in [0.717, 1.165) is 17.1 Å². The van der Waals surface area contributed by atoms with E-state index in [0.29, 0.717) is 31.3 Å². The van der Waals surface area contributed by atoms with Gasteiger partial charge in [-0.15, -0.1) is 0 Å². The topological polar surface area (TPSA) is 73.1 Å².